The van der Waals surface area contributed by atoms with Gasteiger partial charge in [-0.15, -0.1) is 0 Å². The maximum atomic E-state index is 12.8. The predicted molar refractivity (Wildman–Crippen MR) is 146 cm³/mol. The van der Waals surface area contributed by atoms with Crippen molar-refractivity contribution in [1.82, 2.24) is 0 Å². The number of carboxylic acid groups (broad SMARTS) is 1. The molecule has 0 fully saturated rings. The number of unbranched alkanes of at least 4 members (excludes halogenated alkanes) is 14. The first-order chi connectivity index (χ1) is 17.4. The Morgan fingerprint density at radius 1 is 0.500 bits per heavy atom. The first kappa shape index (κ1) is 34.4. The highest BCUT2D eigenvalue weighted by atomic mass is 16.7. The van der Waals surface area contributed by atoms with E-state index in [9.17, 15) is 14.4 Å². The number of rotatable bonds is 26. The third-order valence-corrected chi connectivity index (χ3v) is 6.68. The first-order valence-electron chi connectivity index (χ1n) is 15.0. The van der Waals surface area contributed by atoms with E-state index in [1.165, 1.54) is 19.3 Å². The largest absolute Gasteiger partial charge is 0.481 e. The minimum absolute atomic E-state index is 0.226. The molecule has 0 aromatic rings. The van der Waals surface area contributed by atoms with Crippen LogP contribution in [-0.2, 0) is 23.9 Å². The van der Waals surface area contributed by atoms with Crippen molar-refractivity contribution in [2.75, 3.05) is 0 Å². The summed E-state index contributed by atoms with van der Waals surface area (Å²) < 4.78 is 12.0. The van der Waals surface area contributed by atoms with Crippen molar-refractivity contribution in [1.29, 1.82) is 0 Å². The van der Waals surface area contributed by atoms with E-state index < -0.39 is 11.8 Å². The van der Waals surface area contributed by atoms with Crippen LogP contribution in [0.4, 0.5) is 0 Å². The van der Waals surface area contributed by atoms with Gasteiger partial charge in [0.2, 0.25) is 0 Å². The maximum absolute atomic E-state index is 12.8. The van der Waals surface area contributed by atoms with E-state index in [4.69, 9.17) is 14.6 Å². The van der Waals surface area contributed by atoms with E-state index in [0.29, 0.717) is 32.1 Å². The highest BCUT2D eigenvalue weighted by Gasteiger charge is 2.37. The van der Waals surface area contributed by atoms with Crippen LogP contribution in [0.5, 0.6) is 0 Å². The third kappa shape index (κ3) is 20.6. The summed E-state index contributed by atoms with van der Waals surface area (Å²) in [5, 5.41) is 8.77. The SMILES string of the molecule is CCCCCCCCC(CCCCCCCCC(=O)O)(OC(=O)CCCCC)OC(=O)CCCCC. The van der Waals surface area contributed by atoms with Gasteiger partial charge >= 0.3 is 17.9 Å². The van der Waals surface area contributed by atoms with E-state index >= 15 is 0 Å². The van der Waals surface area contributed by atoms with E-state index in [1.807, 2.05) is 0 Å². The van der Waals surface area contributed by atoms with Crippen LogP contribution in [-0.4, -0.2) is 28.8 Å². The number of aliphatic carboxylic acids is 1. The van der Waals surface area contributed by atoms with Gasteiger partial charge < -0.3 is 14.6 Å². The van der Waals surface area contributed by atoms with Gasteiger partial charge in [0, 0.05) is 32.1 Å². The molecule has 0 radical (unpaired) electrons. The Balaban J connectivity index is 5.09. The van der Waals surface area contributed by atoms with Crippen molar-refractivity contribution in [3.05, 3.63) is 0 Å². The Morgan fingerprint density at radius 2 is 0.833 bits per heavy atom. The van der Waals surface area contributed by atoms with Gasteiger partial charge in [-0.2, -0.15) is 0 Å². The Bertz CT molecular complexity index is 536. The van der Waals surface area contributed by atoms with Crippen molar-refractivity contribution < 1.29 is 29.0 Å². The van der Waals surface area contributed by atoms with Crippen molar-refractivity contribution in [3.63, 3.8) is 0 Å². The Labute approximate surface area is 221 Å². The summed E-state index contributed by atoms with van der Waals surface area (Å²) >= 11 is 0. The lowest BCUT2D eigenvalue weighted by Gasteiger charge is -2.33. The van der Waals surface area contributed by atoms with Gasteiger partial charge in [-0.05, 0) is 32.1 Å². The lowest BCUT2D eigenvalue weighted by atomic mass is 9.98. The molecule has 0 heterocycles. The maximum Gasteiger partial charge on any atom is 0.309 e. The summed E-state index contributed by atoms with van der Waals surface area (Å²) in [5.41, 5.74) is 0. The molecule has 0 saturated carbocycles. The van der Waals surface area contributed by atoms with Crippen molar-refractivity contribution in [2.24, 2.45) is 0 Å². The molecule has 6 nitrogen and oxygen atoms in total. The second kappa shape index (κ2) is 23.8. The van der Waals surface area contributed by atoms with E-state index in [-0.39, 0.29) is 18.4 Å². The number of hydrogen-bond acceptors (Lipinski definition) is 5. The molecule has 0 aliphatic heterocycles. The highest BCUT2D eigenvalue weighted by molar-refractivity contribution is 5.72. The van der Waals surface area contributed by atoms with Gasteiger partial charge in [0.1, 0.15) is 0 Å². The monoisotopic (exact) mass is 512 g/mol. The molecule has 0 aliphatic rings. The molecule has 0 aromatic heterocycles. The highest BCUT2D eigenvalue weighted by Crippen LogP contribution is 2.31. The molecule has 6 heteroatoms. The van der Waals surface area contributed by atoms with Gasteiger partial charge in [-0.1, -0.05) is 104 Å². The average Bonchev–Trinajstić information content (AvgIpc) is 2.83. The quantitative estimate of drug-likeness (QED) is 0.0707. The molecule has 0 atom stereocenters. The fourth-order valence-electron chi connectivity index (χ4n) is 4.46. The summed E-state index contributed by atoms with van der Waals surface area (Å²) in [7, 11) is 0. The zero-order valence-electron chi connectivity index (χ0n) is 23.8. The summed E-state index contributed by atoms with van der Waals surface area (Å²) in [6.45, 7) is 6.41. The summed E-state index contributed by atoms with van der Waals surface area (Å²) in [4.78, 5) is 36.2. The van der Waals surface area contributed by atoms with Crippen LogP contribution in [0.1, 0.15) is 168 Å². The number of carboxylic acids is 1. The molecular weight excluding hydrogens is 456 g/mol. The molecular formula is C30H56O6. The normalized spacial score (nSPS) is 11.4. The van der Waals surface area contributed by atoms with Gasteiger partial charge in [0.05, 0.1) is 0 Å². The first-order valence-corrected chi connectivity index (χ1v) is 15.0. The smallest absolute Gasteiger partial charge is 0.309 e. The second-order valence-corrected chi connectivity index (χ2v) is 10.3. The molecule has 0 aromatic carbocycles. The van der Waals surface area contributed by atoms with Crippen LogP contribution in [0.2, 0.25) is 0 Å². The van der Waals surface area contributed by atoms with Crippen molar-refractivity contribution in [3.8, 4) is 0 Å². The molecule has 0 rings (SSSR count). The molecule has 0 saturated heterocycles. The van der Waals surface area contributed by atoms with Gasteiger partial charge in [0.25, 0.3) is 5.79 Å². The summed E-state index contributed by atoms with van der Waals surface area (Å²) in [5.74, 6) is -2.41. The van der Waals surface area contributed by atoms with Crippen LogP contribution in [0.3, 0.4) is 0 Å². The standard InChI is InChI=1S/C30H56O6/c1-4-7-10-11-15-20-25-30(35-28(33)23-17-8-5-2,36-29(34)24-18-9-6-3)26-21-16-13-12-14-19-22-27(31)32/h4-26H2,1-3H3,(H,31,32). The minimum Gasteiger partial charge on any atom is -0.481 e. The second-order valence-electron chi connectivity index (χ2n) is 10.3. The molecule has 1 N–H and O–H groups in total. The molecule has 36 heavy (non-hydrogen) atoms. The topological polar surface area (TPSA) is 89.9 Å². The van der Waals surface area contributed by atoms with Crippen molar-refractivity contribution in [2.45, 2.75) is 174 Å². The van der Waals surface area contributed by atoms with Crippen molar-refractivity contribution >= 4 is 17.9 Å². The number of hydrogen-bond donors (Lipinski definition) is 1. The third-order valence-electron chi connectivity index (χ3n) is 6.68. The van der Waals surface area contributed by atoms with Gasteiger partial charge in [-0.25, -0.2) is 0 Å². The van der Waals surface area contributed by atoms with Crippen LogP contribution >= 0.6 is 0 Å². The number of ether oxygens (including phenoxy) is 2. The molecule has 0 amide bonds. The van der Waals surface area contributed by atoms with Crippen LogP contribution in [0.15, 0.2) is 0 Å². The minimum atomic E-state index is -1.15. The van der Waals surface area contributed by atoms with E-state index in [1.54, 1.807) is 0 Å². The van der Waals surface area contributed by atoms with Crippen LogP contribution in [0.25, 0.3) is 0 Å². The Kier molecular flexibility index (Phi) is 22.7. The summed E-state index contributed by atoms with van der Waals surface area (Å²) in [6.07, 6.45) is 19.8. The van der Waals surface area contributed by atoms with Crippen LogP contribution < -0.4 is 0 Å². The van der Waals surface area contributed by atoms with Gasteiger partial charge in [0.15, 0.2) is 0 Å². The zero-order valence-corrected chi connectivity index (χ0v) is 23.8. The molecule has 0 aliphatic carbocycles. The molecule has 0 bridgehead atoms. The molecule has 0 spiro atoms. The zero-order chi connectivity index (χ0) is 26.9. The number of carbonyl (C=O) groups is 3. The van der Waals surface area contributed by atoms with E-state index in [2.05, 4.69) is 20.8 Å². The fourth-order valence-corrected chi connectivity index (χ4v) is 4.46. The summed E-state index contributed by atoms with van der Waals surface area (Å²) in [6, 6.07) is 0. The average molecular weight is 513 g/mol. The van der Waals surface area contributed by atoms with Gasteiger partial charge in [-0.3, -0.25) is 14.4 Å². The van der Waals surface area contributed by atoms with Crippen LogP contribution in [0, 0.1) is 0 Å². The van der Waals surface area contributed by atoms with E-state index in [0.717, 1.165) is 89.9 Å². The number of esters is 2. The molecule has 0 unspecified atom stereocenters. The molecule has 212 valence electrons. The fraction of sp³-hybridized carbons (Fsp3) is 0.900. The number of carbonyl (C=O) groups excluding carboxylic acids is 2. The lowest BCUT2D eigenvalue weighted by molar-refractivity contribution is -0.235. The predicted octanol–water partition coefficient (Wildman–Crippen LogP) is 8.89. The Hall–Kier alpha value is -1.59. The Morgan fingerprint density at radius 3 is 1.25 bits per heavy atom. The lowest BCUT2D eigenvalue weighted by Crippen LogP contribution is -2.40.